The van der Waals surface area contributed by atoms with Gasteiger partial charge in [-0.1, -0.05) is 6.92 Å². The van der Waals surface area contributed by atoms with Gasteiger partial charge in [-0.15, -0.1) is 0 Å². The Morgan fingerprint density at radius 2 is 1.78 bits per heavy atom. The molecule has 0 saturated heterocycles. The van der Waals surface area contributed by atoms with Gasteiger partial charge in [-0.05, 0) is 19.3 Å². The molecule has 18 heavy (non-hydrogen) atoms. The third-order valence-electron chi connectivity index (χ3n) is 2.43. The summed E-state index contributed by atoms with van der Waals surface area (Å²) in [5.74, 6) is -1.43. The summed E-state index contributed by atoms with van der Waals surface area (Å²) in [7, 11) is 1.28. The molecule has 104 valence electrons. The highest BCUT2D eigenvalue weighted by Gasteiger charge is 2.16. The Hall–Kier alpha value is -1.59. The lowest BCUT2D eigenvalue weighted by molar-refractivity contribution is -0.147. The van der Waals surface area contributed by atoms with E-state index in [9.17, 15) is 14.4 Å². The van der Waals surface area contributed by atoms with E-state index in [1.165, 1.54) is 12.0 Å². The Balaban J connectivity index is 4.05. The number of ether oxygens (including phenoxy) is 1. The van der Waals surface area contributed by atoms with Gasteiger partial charge in [0.1, 0.15) is 6.54 Å². The third-order valence-corrected chi connectivity index (χ3v) is 2.43. The lowest BCUT2D eigenvalue weighted by Gasteiger charge is -2.20. The number of carboxylic acids is 1. The summed E-state index contributed by atoms with van der Waals surface area (Å²) in [6.07, 6.45) is 2.09. The van der Waals surface area contributed by atoms with Crippen molar-refractivity contribution in [3.8, 4) is 0 Å². The van der Waals surface area contributed by atoms with Crippen LogP contribution in [0.25, 0.3) is 0 Å². The van der Waals surface area contributed by atoms with Crippen molar-refractivity contribution >= 4 is 17.8 Å². The molecule has 1 N–H and O–H groups in total. The van der Waals surface area contributed by atoms with Gasteiger partial charge in [-0.3, -0.25) is 14.4 Å². The molecule has 0 aliphatic carbocycles. The van der Waals surface area contributed by atoms with Crippen molar-refractivity contribution in [2.45, 2.75) is 39.0 Å². The number of methoxy groups -OCH3 is 1. The van der Waals surface area contributed by atoms with Crippen LogP contribution in [0.3, 0.4) is 0 Å². The maximum Gasteiger partial charge on any atom is 0.325 e. The van der Waals surface area contributed by atoms with E-state index in [0.29, 0.717) is 19.4 Å². The number of carbonyl (C=O) groups excluding carboxylic acids is 2. The third kappa shape index (κ3) is 7.65. The van der Waals surface area contributed by atoms with Crippen molar-refractivity contribution in [2.24, 2.45) is 0 Å². The predicted octanol–water partition coefficient (Wildman–Crippen LogP) is 1.04. The van der Waals surface area contributed by atoms with Gasteiger partial charge in [0.25, 0.3) is 0 Å². The molecule has 0 aromatic rings. The van der Waals surface area contributed by atoms with Crippen LogP contribution in [0.2, 0.25) is 0 Å². The lowest BCUT2D eigenvalue weighted by atomic mass is 10.2. The maximum absolute atomic E-state index is 11.8. The zero-order valence-corrected chi connectivity index (χ0v) is 11.0. The van der Waals surface area contributed by atoms with Gasteiger partial charge in [0.05, 0.1) is 7.11 Å². The minimum absolute atomic E-state index is 0.0396. The van der Waals surface area contributed by atoms with Gasteiger partial charge >= 0.3 is 11.9 Å². The van der Waals surface area contributed by atoms with Crippen LogP contribution >= 0.6 is 0 Å². The lowest BCUT2D eigenvalue weighted by Crippen LogP contribution is -2.36. The van der Waals surface area contributed by atoms with Crippen LogP contribution in [0.5, 0.6) is 0 Å². The Morgan fingerprint density at radius 1 is 1.17 bits per heavy atom. The molecule has 0 unspecified atom stereocenters. The number of rotatable bonds is 9. The molecule has 0 aliphatic heterocycles. The largest absolute Gasteiger partial charge is 0.481 e. The topological polar surface area (TPSA) is 83.9 Å². The summed E-state index contributed by atoms with van der Waals surface area (Å²) in [5.41, 5.74) is 0. The summed E-state index contributed by atoms with van der Waals surface area (Å²) in [6, 6.07) is 0. The fraction of sp³-hybridized carbons (Fsp3) is 0.750. The Labute approximate surface area is 107 Å². The van der Waals surface area contributed by atoms with Crippen molar-refractivity contribution in [3.05, 3.63) is 0 Å². The van der Waals surface area contributed by atoms with E-state index in [0.717, 1.165) is 6.42 Å². The smallest absolute Gasteiger partial charge is 0.325 e. The van der Waals surface area contributed by atoms with E-state index in [4.69, 9.17) is 5.11 Å². The van der Waals surface area contributed by atoms with E-state index < -0.39 is 11.9 Å². The van der Waals surface area contributed by atoms with E-state index in [-0.39, 0.29) is 25.3 Å². The maximum atomic E-state index is 11.8. The van der Waals surface area contributed by atoms with Crippen molar-refractivity contribution < 1.29 is 24.2 Å². The summed E-state index contributed by atoms with van der Waals surface area (Å²) < 4.78 is 4.52. The van der Waals surface area contributed by atoms with E-state index in [1.54, 1.807) is 0 Å². The van der Waals surface area contributed by atoms with Crippen molar-refractivity contribution in [1.29, 1.82) is 0 Å². The highest BCUT2D eigenvalue weighted by molar-refractivity contribution is 5.82. The van der Waals surface area contributed by atoms with E-state index in [1.807, 2.05) is 6.92 Å². The summed E-state index contributed by atoms with van der Waals surface area (Å²) in [5, 5.41) is 8.47. The van der Waals surface area contributed by atoms with Crippen LogP contribution in [0.4, 0.5) is 0 Å². The number of amides is 1. The van der Waals surface area contributed by atoms with Crippen molar-refractivity contribution in [2.75, 3.05) is 20.2 Å². The number of nitrogens with zero attached hydrogens (tertiary/aromatic N) is 1. The second-order valence-electron chi connectivity index (χ2n) is 3.99. The minimum atomic E-state index is -0.859. The zero-order valence-electron chi connectivity index (χ0n) is 11.0. The highest BCUT2D eigenvalue weighted by Crippen LogP contribution is 2.04. The Morgan fingerprint density at radius 3 is 2.28 bits per heavy atom. The van der Waals surface area contributed by atoms with E-state index in [2.05, 4.69) is 4.74 Å². The molecular weight excluding hydrogens is 238 g/mol. The Kier molecular flexibility index (Phi) is 8.61. The molecule has 0 bridgehead atoms. The van der Waals surface area contributed by atoms with Gasteiger partial charge in [-0.2, -0.15) is 0 Å². The monoisotopic (exact) mass is 259 g/mol. The van der Waals surface area contributed by atoms with Gasteiger partial charge in [-0.25, -0.2) is 0 Å². The fourth-order valence-electron chi connectivity index (χ4n) is 1.49. The van der Waals surface area contributed by atoms with Crippen molar-refractivity contribution in [1.82, 2.24) is 4.90 Å². The molecule has 0 atom stereocenters. The molecule has 0 aromatic heterocycles. The highest BCUT2D eigenvalue weighted by atomic mass is 16.5. The normalized spacial score (nSPS) is 9.89. The average molecular weight is 259 g/mol. The first-order valence-corrected chi connectivity index (χ1v) is 6.07. The molecule has 0 heterocycles. The van der Waals surface area contributed by atoms with Crippen LogP contribution in [0.15, 0.2) is 0 Å². The number of aliphatic carboxylic acids is 1. The first-order chi connectivity index (χ1) is 8.51. The van der Waals surface area contributed by atoms with Gasteiger partial charge in [0.15, 0.2) is 0 Å². The number of unbranched alkanes of at least 4 members (excludes halogenated alkanes) is 1. The molecule has 6 heteroatoms. The van der Waals surface area contributed by atoms with E-state index >= 15 is 0 Å². The average Bonchev–Trinajstić information content (AvgIpc) is 2.33. The van der Waals surface area contributed by atoms with Crippen LogP contribution in [0.1, 0.15) is 39.0 Å². The fourth-order valence-corrected chi connectivity index (χ4v) is 1.49. The molecule has 0 spiro atoms. The number of carbonyl (C=O) groups is 3. The molecule has 0 rings (SSSR count). The first-order valence-electron chi connectivity index (χ1n) is 6.07. The summed E-state index contributed by atoms with van der Waals surface area (Å²) in [4.78, 5) is 34.7. The molecule has 0 fully saturated rings. The molecule has 6 nitrogen and oxygen atoms in total. The summed E-state index contributed by atoms with van der Waals surface area (Å²) in [6.45, 7) is 2.39. The standard InChI is InChI=1S/C12H21NO5/c1-3-8-13(9-12(17)18-2)10(14)6-4-5-7-11(15)16/h3-9H2,1-2H3,(H,15,16). The quantitative estimate of drug-likeness (QED) is 0.494. The number of hydrogen-bond acceptors (Lipinski definition) is 4. The second-order valence-corrected chi connectivity index (χ2v) is 3.99. The van der Waals surface area contributed by atoms with Crippen LogP contribution in [-0.4, -0.2) is 48.1 Å². The first kappa shape index (κ1) is 16.4. The van der Waals surface area contributed by atoms with Gasteiger partial charge < -0.3 is 14.7 Å². The zero-order chi connectivity index (χ0) is 14.0. The molecule has 1 amide bonds. The van der Waals surface area contributed by atoms with Gasteiger partial charge in [0, 0.05) is 19.4 Å². The number of esters is 1. The minimum Gasteiger partial charge on any atom is -0.481 e. The molecule has 0 radical (unpaired) electrons. The van der Waals surface area contributed by atoms with Crippen LogP contribution in [-0.2, 0) is 19.1 Å². The molecule has 0 saturated carbocycles. The molecule has 0 aromatic carbocycles. The summed E-state index contributed by atoms with van der Waals surface area (Å²) >= 11 is 0. The Bertz CT molecular complexity index is 290. The number of carboxylic acid groups (broad SMARTS) is 1. The predicted molar refractivity (Wildman–Crippen MR) is 65.0 cm³/mol. The SMILES string of the molecule is CCCN(CC(=O)OC)C(=O)CCCCC(=O)O. The van der Waals surface area contributed by atoms with Crippen LogP contribution < -0.4 is 0 Å². The molecule has 0 aliphatic rings. The van der Waals surface area contributed by atoms with Crippen LogP contribution in [0, 0.1) is 0 Å². The van der Waals surface area contributed by atoms with Gasteiger partial charge in [0.2, 0.25) is 5.91 Å². The molecular formula is C12H21NO5. The number of hydrogen-bond donors (Lipinski definition) is 1. The van der Waals surface area contributed by atoms with Crippen molar-refractivity contribution in [3.63, 3.8) is 0 Å². The second kappa shape index (κ2) is 9.44.